The van der Waals surface area contributed by atoms with Gasteiger partial charge in [-0.05, 0) is 52.1 Å². The second-order valence-corrected chi connectivity index (χ2v) is 11.5. The van der Waals surface area contributed by atoms with Gasteiger partial charge in [0.05, 0.1) is 10.0 Å². The Kier molecular flexibility index (Phi) is 9.68. The van der Waals surface area contributed by atoms with Crippen LogP contribution in [0.1, 0.15) is 23.6 Å². The van der Waals surface area contributed by atoms with Crippen molar-refractivity contribution < 1.29 is 14.7 Å². The summed E-state index contributed by atoms with van der Waals surface area (Å²) in [5, 5.41) is 16.0. The van der Waals surface area contributed by atoms with Gasteiger partial charge < -0.3 is 15.0 Å². The van der Waals surface area contributed by atoms with Gasteiger partial charge in [-0.25, -0.2) is 10.4 Å². The van der Waals surface area contributed by atoms with Gasteiger partial charge in [-0.15, -0.1) is 0 Å². The summed E-state index contributed by atoms with van der Waals surface area (Å²) < 4.78 is 0. The van der Waals surface area contributed by atoms with Crippen molar-refractivity contribution in [1.82, 2.24) is 20.3 Å². The number of hydrogen-bond donors (Lipinski definition) is 3. The Bertz CT molecular complexity index is 1750. The molecule has 5 aromatic rings. The van der Waals surface area contributed by atoms with Gasteiger partial charge in [-0.3, -0.25) is 9.59 Å². The number of nitrogens with one attached hydrogen (secondary N) is 2. The number of fused-ring (bicyclic) bond motifs is 2. The van der Waals surface area contributed by atoms with Gasteiger partial charge in [0.15, 0.2) is 0 Å². The number of likely N-dealkylation sites (N-methyl/N-ethyl adjacent to an activating group) is 2. The maximum absolute atomic E-state index is 14.2. The number of aromatic amines is 1. The van der Waals surface area contributed by atoms with Crippen LogP contribution in [0.2, 0.25) is 10.0 Å². The normalized spacial score (nSPS) is 13.0. The van der Waals surface area contributed by atoms with Crippen LogP contribution >= 0.6 is 23.2 Å². The van der Waals surface area contributed by atoms with Crippen molar-refractivity contribution in [2.45, 2.75) is 38.4 Å². The Balaban J connectivity index is 1.46. The molecule has 5 rings (SSSR count). The number of carboxylic acid groups (broad SMARTS) is 1. The van der Waals surface area contributed by atoms with Crippen molar-refractivity contribution in [3.05, 3.63) is 118 Å². The van der Waals surface area contributed by atoms with Crippen LogP contribution in [0, 0.1) is 0 Å². The Morgan fingerprint density at radius 1 is 0.884 bits per heavy atom. The molecule has 0 aliphatic carbocycles. The molecule has 2 atom stereocenters. The third-order valence-corrected chi connectivity index (χ3v) is 8.53. The lowest BCUT2D eigenvalue weighted by Crippen LogP contribution is -2.58. The number of carbonyl (C=O) groups excluding carboxylic acids is 1. The van der Waals surface area contributed by atoms with Gasteiger partial charge in [0.2, 0.25) is 5.91 Å². The number of carboxylic acids is 1. The Morgan fingerprint density at radius 2 is 1.60 bits per heavy atom. The van der Waals surface area contributed by atoms with Gasteiger partial charge in [0.1, 0.15) is 12.1 Å². The molecule has 1 amide bonds. The van der Waals surface area contributed by atoms with E-state index in [9.17, 15) is 14.7 Å². The van der Waals surface area contributed by atoms with Gasteiger partial charge in [-0.2, -0.15) is 0 Å². The highest BCUT2D eigenvalue weighted by Gasteiger charge is 2.32. The second kappa shape index (κ2) is 13.6. The molecule has 0 aliphatic rings. The monoisotopic (exact) mass is 616 g/mol. The molecule has 1 heterocycles. The van der Waals surface area contributed by atoms with Gasteiger partial charge in [0, 0.05) is 43.7 Å². The standard InChI is InChI=1S/C34H34Cl2N4O3/c1-3-40(38-31(34(42)43)18-25-20-37-30-14-7-6-13-27(25)30)32(19-24-11-8-10-23-9-4-5-12-26(23)24)33(41)39(2)21-22-15-16-28(35)29(36)17-22/h4-17,20,31-32,37-38H,3,18-19,21H2,1-2H3,(H,42,43)/t31-,32-/m0/s1. The molecule has 0 radical (unpaired) electrons. The van der Waals surface area contributed by atoms with E-state index in [-0.39, 0.29) is 12.3 Å². The van der Waals surface area contributed by atoms with E-state index in [0.29, 0.717) is 29.6 Å². The molecule has 1 aromatic heterocycles. The summed E-state index contributed by atoms with van der Waals surface area (Å²) >= 11 is 12.4. The van der Waals surface area contributed by atoms with Gasteiger partial charge in [0.25, 0.3) is 0 Å². The molecule has 0 bridgehead atoms. The molecule has 4 aromatic carbocycles. The Hall–Kier alpha value is -3.88. The number of para-hydroxylation sites is 1. The quantitative estimate of drug-likeness (QED) is 0.135. The van der Waals surface area contributed by atoms with Crippen molar-refractivity contribution in [3.63, 3.8) is 0 Å². The average Bonchev–Trinajstić information content (AvgIpc) is 3.42. The third-order valence-electron chi connectivity index (χ3n) is 7.79. The molecule has 0 saturated heterocycles. The highest BCUT2D eigenvalue weighted by atomic mass is 35.5. The molecule has 0 unspecified atom stereocenters. The summed E-state index contributed by atoms with van der Waals surface area (Å²) in [7, 11) is 1.75. The number of H-pyrrole nitrogens is 1. The summed E-state index contributed by atoms with van der Waals surface area (Å²) in [6, 6.07) is 25.6. The van der Waals surface area contributed by atoms with E-state index in [2.05, 4.69) is 10.4 Å². The third kappa shape index (κ3) is 7.03. The lowest BCUT2D eigenvalue weighted by molar-refractivity contribution is -0.145. The van der Waals surface area contributed by atoms with Crippen LogP contribution in [0.3, 0.4) is 0 Å². The molecule has 0 saturated carbocycles. The molecule has 0 aliphatic heterocycles. The minimum atomic E-state index is -0.996. The van der Waals surface area contributed by atoms with Crippen molar-refractivity contribution in [3.8, 4) is 0 Å². The molecule has 3 N–H and O–H groups in total. The molecular weight excluding hydrogens is 583 g/mol. The number of hydrogen-bond acceptors (Lipinski definition) is 4. The summed E-state index contributed by atoms with van der Waals surface area (Å²) in [4.78, 5) is 31.6. The molecule has 222 valence electrons. The van der Waals surface area contributed by atoms with Crippen molar-refractivity contribution >= 4 is 56.8 Å². The van der Waals surface area contributed by atoms with E-state index in [0.717, 1.165) is 38.4 Å². The first-order valence-corrected chi connectivity index (χ1v) is 15.0. The highest BCUT2D eigenvalue weighted by Crippen LogP contribution is 2.25. The summed E-state index contributed by atoms with van der Waals surface area (Å²) in [6.07, 6.45) is 2.47. The van der Waals surface area contributed by atoms with E-state index in [1.165, 1.54) is 0 Å². The maximum Gasteiger partial charge on any atom is 0.322 e. The SMILES string of the molecule is CCN(N[C@@H](Cc1c[nH]c2ccccc12)C(=O)O)[C@@H](Cc1cccc2ccccc12)C(=O)N(C)Cc1ccc(Cl)c(Cl)c1. The number of rotatable bonds is 12. The average molecular weight is 618 g/mol. The predicted molar refractivity (Wildman–Crippen MR) is 173 cm³/mol. The second-order valence-electron chi connectivity index (χ2n) is 10.7. The Morgan fingerprint density at radius 3 is 2.35 bits per heavy atom. The zero-order chi connectivity index (χ0) is 30.5. The number of benzene rings is 4. The fourth-order valence-corrected chi connectivity index (χ4v) is 5.88. The first-order valence-electron chi connectivity index (χ1n) is 14.2. The predicted octanol–water partition coefficient (Wildman–Crippen LogP) is 6.72. The van der Waals surface area contributed by atoms with Crippen LogP contribution in [-0.4, -0.2) is 57.6 Å². The molecule has 0 fully saturated rings. The number of hydrazine groups is 1. The van der Waals surface area contributed by atoms with Crippen molar-refractivity contribution in [2.24, 2.45) is 0 Å². The van der Waals surface area contributed by atoms with Gasteiger partial charge in [-0.1, -0.05) is 96.9 Å². The molecular formula is C34H34Cl2N4O3. The lowest BCUT2D eigenvalue weighted by atomic mass is 9.97. The number of halogens is 2. The van der Waals surface area contributed by atoms with Crippen LogP contribution < -0.4 is 5.43 Å². The minimum Gasteiger partial charge on any atom is -0.480 e. The molecule has 43 heavy (non-hydrogen) atoms. The van der Waals surface area contributed by atoms with Crippen molar-refractivity contribution in [2.75, 3.05) is 13.6 Å². The minimum absolute atomic E-state index is 0.149. The van der Waals surface area contributed by atoms with E-state index >= 15 is 0 Å². The van der Waals surface area contributed by atoms with Crippen LogP contribution in [0.25, 0.3) is 21.7 Å². The number of carbonyl (C=O) groups is 2. The zero-order valence-corrected chi connectivity index (χ0v) is 25.6. The van der Waals surface area contributed by atoms with Crippen molar-refractivity contribution in [1.29, 1.82) is 0 Å². The van der Waals surface area contributed by atoms with Crippen LogP contribution in [0.15, 0.2) is 91.1 Å². The topological polar surface area (TPSA) is 88.7 Å². The fraction of sp³-hybridized carbons (Fsp3) is 0.235. The zero-order valence-electron chi connectivity index (χ0n) is 24.1. The van der Waals surface area contributed by atoms with E-state index in [4.69, 9.17) is 23.2 Å². The molecule has 0 spiro atoms. The van der Waals surface area contributed by atoms with Crippen LogP contribution in [0.4, 0.5) is 0 Å². The van der Waals surface area contributed by atoms with E-state index < -0.39 is 18.1 Å². The highest BCUT2D eigenvalue weighted by molar-refractivity contribution is 6.42. The summed E-state index contributed by atoms with van der Waals surface area (Å²) in [6.45, 7) is 2.64. The summed E-state index contributed by atoms with van der Waals surface area (Å²) in [5.41, 5.74) is 6.90. The molecule has 9 heteroatoms. The first-order chi connectivity index (χ1) is 20.7. The van der Waals surface area contributed by atoms with E-state index in [1.54, 1.807) is 29.1 Å². The maximum atomic E-state index is 14.2. The van der Waals surface area contributed by atoms with Gasteiger partial charge >= 0.3 is 5.97 Å². The number of nitrogens with zero attached hydrogens (tertiary/aromatic N) is 2. The van der Waals surface area contributed by atoms with Crippen LogP contribution in [0.5, 0.6) is 0 Å². The summed E-state index contributed by atoms with van der Waals surface area (Å²) in [5.74, 6) is -1.14. The number of amides is 1. The number of aromatic nitrogens is 1. The van der Waals surface area contributed by atoms with E-state index in [1.807, 2.05) is 85.9 Å². The smallest absolute Gasteiger partial charge is 0.322 e. The lowest BCUT2D eigenvalue weighted by Gasteiger charge is -2.35. The largest absolute Gasteiger partial charge is 0.480 e. The van der Waals surface area contributed by atoms with Crippen LogP contribution in [-0.2, 0) is 29.0 Å². The number of aliphatic carboxylic acids is 1. The first kappa shape index (κ1) is 30.6. The Labute approximate surface area is 261 Å². The fourth-order valence-electron chi connectivity index (χ4n) is 5.56. The molecule has 7 nitrogen and oxygen atoms in total.